The molecular formula is C10H15ClF2O. The minimum Gasteiger partial charge on any atom is -0.299 e. The van der Waals surface area contributed by atoms with Gasteiger partial charge in [0.15, 0.2) is 0 Å². The third kappa shape index (κ3) is 4.36. The number of carbonyl (C=O) groups is 1. The van der Waals surface area contributed by atoms with E-state index in [1.165, 1.54) is 0 Å². The Morgan fingerprint density at radius 1 is 1.29 bits per heavy atom. The van der Waals surface area contributed by atoms with Crippen molar-refractivity contribution < 1.29 is 13.6 Å². The predicted molar refractivity (Wildman–Crippen MR) is 51.6 cm³/mol. The maximum absolute atomic E-state index is 12.3. The lowest BCUT2D eigenvalue weighted by Crippen LogP contribution is -2.19. The average molecular weight is 225 g/mol. The second-order valence-corrected chi connectivity index (χ2v) is 4.47. The van der Waals surface area contributed by atoms with Crippen molar-refractivity contribution in [2.45, 2.75) is 50.3 Å². The Morgan fingerprint density at radius 3 is 2.36 bits per heavy atom. The highest BCUT2D eigenvalue weighted by Crippen LogP contribution is 2.29. The van der Waals surface area contributed by atoms with Crippen LogP contribution in [0.3, 0.4) is 0 Å². The third-order valence-corrected chi connectivity index (χ3v) is 2.90. The summed E-state index contributed by atoms with van der Waals surface area (Å²) in [4.78, 5) is 11.5. The molecule has 0 aromatic carbocycles. The van der Waals surface area contributed by atoms with Gasteiger partial charge in [0.2, 0.25) is 0 Å². The van der Waals surface area contributed by atoms with Crippen LogP contribution in [0.15, 0.2) is 0 Å². The zero-order valence-corrected chi connectivity index (χ0v) is 8.83. The zero-order valence-electron chi connectivity index (χ0n) is 8.07. The van der Waals surface area contributed by atoms with Crippen molar-refractivity contribution in [3.63, 3.8) is 0 Å². The van der Waals surface area contributed by atoms with Gasteiger partial charge in [-0.1, -0.05) is 19.3 Å². The van der Waals surface area contributed by atoms with Gasteiger partial charge in [-0.3, -0.25) is 4.79 Å². The number of hydrogen-bond acceptors (Lipinski definition) is 1. The summed E-state index contributed by atoms with van der Waals surface area (Å²) in [6.45, 7) is 0. The van der Waals surface area contributed by atoms with Gasteiger partial charge in [-0.25, -0.2) is 0 Å². The average Bonchev–Trinajstić information content (AvgIpc) is 2.14. The van der Waals surface area contributed by atoms with E-state index in [4.69, 9.17) is 11.6 Å². The summed E-state index contributed by atoms with van der Waals surface area (Å²) < 4.78 is 24.5. The van der Waals surface area contributed by atoms with E-state index in [9.17, 15) is 13.6 Å². The van der Waals surface area contributed by atoms with E-state index in [0.717, 1.165) is 32.1 Å². The molecule has 1 fully saturated rings. The first-order valence-corrected chi connectivity index (χ1v) is 5.46. The SMILES string of the molecule is O=C(CCC(F)(F)Cl)C1CCCCC1. The summed E-state index contributed by atoms with van der Waals surface area (Å²) in [6.07, 6.45) is 4.39. The van der Waals surface area contributed by atoms with E-state index in [2.05, 4.69) is 0 Å². The molecule has 1 saturated carbocycles. The van der Waals surface area contributed by atoms with Crippen molar-refractivity contribution in [1.82, 2.24) is 0 Å². The van der Waals surface area contributed by atoms with E-state index in [1.54, 1.807) is 0 Å². The van der Waals surface area contributed by atoms with E-state index in [0.29, 0.717) is 0 Å². The molecule has 0 aromatic heterocycles. The van der Waals surface area contributed by atoms with Crippen LogP contribution in [0.4, 0.5) is 8.78 Å². The van der Waals surface area contributed by atoms with Crippen molar-refractivity contribution in [1.29, 1.82) is 0 Å². The summed E-state index contributed by atoms with van der Waals surface area (Å²) >= 11 is 4.73. The molecule has 14 heavy (non-hydrogen) atoms. The molecule has 0 spiro atoms. The minimum atomic E-state index is -3.22. The first-order valence-electron chi connectivity index (χ1n) is 5.08. The number of ketones is 1. The molecule has 0 aliphatic heterocycles. The summed E-state index contributed by atoms with van der Waals surface area (Å²) in [6, 6.07) is 0. The van der Waals surface area contributed by atoms with Crippen LogP contribution in [-0.2, 0) is 4.79 Å². The van der Waals surface area contributed by atoms with Gasteiger partial charge in [0.1, 0.15) is 5.78 Å². The van der Waals surface area contributed by atoms with Crippen molar-refractivity contribution in [2.75, 3.05) is 0 Å². The van der Waals surface area contributed by atoms with Crippen LogP contribution in [0.1, 0.15) is 44.9 Å². The first kappa shape index (κ1) is 11.9. The second-order valence-electron chi connectivity index (χ2n) is 3.92. The molecule has 0 bridgehead atoms. The molecule has 0 amide bonds. The molecule has 1 aliphatic rings. The molecule has 1 nitrogen and oxygen atoms in total. The Balaban J connectivity index is 2.27. The molecule has 0 saturated heterocycles. The molecule has 1 aliphatic carbocycles. The lowest BCUT2D eigenvalue weighted by molar-refractivity contribution is -0.124. The standard InChI is InChI=1S/C10H15ClF2O/c11-10(12,13)7-6-9(14)8-4-2-1-3-5-8/h8H,1-7H2. The smallest absolute Gasteiger partial charge is 0.299 e. The molecule has 1 rings (SSSR count). The molecule has 0 heterocycles. The fourth-order valence-corrected chi connectivity index (χ4v) is 1.99. The monoisotopic (exact) mass is 224 g/mol. The van der Waals surface area contributed by atoms with Gasteiger partial charge in [-0.15, -0.1) is 0 Å². The summed E-state index contributed by atoms with van der Waals surface area (Å²) in [5.41, 5.74) is 0. The van der Waals surface area contributed by atoms with Crippen molar-refractivity contribution in [3.05, 3.63) is 0 Å². The van der Waals surface area contributed by atoms with Crippen LogP contribution in [0.2, 0.25) is 0 Å². The van der Waals surface area contributed by atoms with E-state index >= 15 is 0 Å². The molecule has 0 atom stereocenters. The predicted octanol–water partition coefficient (Wildman–Crippen LogP) is 3.75. The van der Waals surface area contributed by atoms with Crippen LogP contribution < -0.4 is 0 Å². The Bertz CT molecular complexity index is 195. The van der Waals surface area contributed by atoms with Gasteiger partial charge < -0.3 is 0 Å². The van der Waals surface area contributed by atoms with Gasteiger partial charge in [0.25, 0.3) is 0 Å². The largest absolute Gasteiger partial charge is 0.322 e. The third-order valence-electron chi connectivity index (χ3n) is 2.72. The number of Topliss-reactive ketones (excluding diaryl/α,β-unsaturated/α-hetero) is 1. The number of carbonyl (C=O) groups excluding carboxylic acids is 1. The van der Waals surface area contributed by atoms with Gasteiger partial charge in [-0.2, -0.15) is 8.78 Å². The van der Waals surface area contributed by atoms with Crippen molar-refractivity contribution >= 4 is 17.4 Å². The van der Waals surface area contributed by atoms with Gasteiger partial charge in [0, 0.05) is 18.8 Å². The van der Waals surface area contributed by atoms with E-state index in [1.807, 2.05) is 0 Å². The maximum Gasteiger partial charge on any atom is 0.322 e. The quantitative estimate of drug-likeness (QED) is 0.665. The maximum atomic E-state index is 12.3. The molecular weight excluding hydrogens is 210 g/mol. The number of alkyl halides is 3. The highest BCUT2D eigenvalue weighted by atomic mass is 35.5. The second kappa shape index (κ2) is 5.06. The van der Waals surface area contributed by atoms with Crippen LogP contribution >= 0.6 is 11.6 Å². The summed E-state index contributed by atoms with van der Waals surface area (Å²) in [5, 5.41) is -3.22. The number of rotatable bonds is 4. The highest BCUT2D eigenvalue weighted by Gasteiger charge is 2.28. The highest BCUT2D eigenvalue weighted by molar-refractivity contribution is 6.21. The summed E-state index contributed by atoms with van der Waals surface area (Å²) in [7, 11) is 0. The fraction of sp³-hybridized carbons (Fsp3) is 0.900. The molecule has 0 radical (unpaired) electrons. The Labute approximate surface area is 87.8 Å². The number of halogens is 3. The molecule has 4 heteroatoms. The number of hydrogen-bond donors (Lipinski definition) is 0. The molecule has 82 valence electrons. The van der Waals surface area contributed by atoms with Crippen LogP contribution in [-0.4, -0.2) is 11.2 Å². The molecule has 0 aromatic rings. The lowest BCUT2D eigenvalue weighted by atomic mass is 9.85. The van der Waals surface area contributed by atoms with E-state index < -0.39 is 11.8 Å². The Kier molecular flexibility index (Phi) is 4.30. The fourth-order valence-electron chi connectivity index (χ4n) is 1.89. The molecule has 0 N–H and O–H groups in total. The van der Waals surface area contributed by atoms with E-state index in [-0.39, 0.29) is 18.1 Å². The molecule has 0 unspecified atom stereocenters. The van der Waals surface area contributed by atoms with Gasteiger partial charge >= 0.3 is 5.38 Å². The van der Waals surface area contributed by atoms with Crippen molar-refractivity contribution in [2.24, 2.45) is 5.92 Å². The van der Waals surface area contributed by atoms with Crippen molar-refractivity contribution in [3.8, 4) is 0 Å². The van der Waals surface area contributed by atoms with Gasteiger partial charge in [-0.05, 0) is 24.4 Å². The summed E-state index contributed by atoms with van der Waals surface area (Å²) in [5.74, 6) is -0.0206. The minimum absolute atomic E-state index is 0.0165. The van der Waals surface area contributed by atoms with Gasteiger partial charge in [0.05, 0.1) is 0 Å². The zero-order chi connectivity index (χ0) is 10.6. The van der Waals surface area contributed by atoms with Crippen LogP contribution in [0, 0.1) is 5.92 Å². The Hall–Kier alpha value is -0.180. The normalized spacial score (nSPS) is 19.6. The van der Waals surface area contributed by atoms with Crippen LogP contribution in [0.25, 0.3) is 0 Å². The lowest BCUT2D eigenvalue weighted by Gasteiger charge is -2.20. The van der Waals surface area contributed by atoms with Crippen LogP contribution in [0.5, 0.6) is 0 Å². The topological polar surface area (TPSA) is 17.1 Å². The Morgan fingerprint density at radius 2 is 1.86 bits per heavy atom. The first-order chi connectivity index (χ1) is 6.49.